The SMILES string of the molecule is CC1(C)C(C(=O)Nc2ccc(CC(=O)O)cc2)C1(C)C. The van der Waals surface area contributed by atoms with Crippen molar-refractivity contribution < 1.29 is 14.7 Å². The van der Waals surface area contributed by atoms with Crippen molar-refractivity contribution in [3.05, 3.63) is 29.8 Å². The van der Waals surface area contributed by atoms with Gasteiger partial charge in [0.15, 0.2) is 0 Å². The van der Waals surface area contributed by atoms with Gasteiger partial charge >= 0.3 is 5.97 Å². The molecule has 0 radical (unpaired) electrons. The van der Waals surface area contributed by atoms with Crippen LogP contribution in [0.2, 0.25) is 0 Å². The van der Waals surface area contributed by atoms with Crippen molar-refractivity contribution in [3.63, 3.8) is 0 Å². The fourth-order valence-electron chi connectivity index (χ4n) is 2.95. The molecule has 0 heterocycles. The molecule has 2 N–H and O–H groups in total. The maximum Gasteiger partial charge on any atom is 0.307 e. The number of nitrogens with one attached hydrogen (secondary N) is 1. The van der Waals surface area contributed by atoms with Crippen LogP contribution >= 0.6 is 0 Å². The predicted octanol–water partition coefficient (Wildman–Crippen LogP) is 2.93. The molecular weight excluding hydrogens is 254 g/mol. The number of benzene rings is 1. The van der Waals surface area contributed by atoms with E-state index in [1.165, 1.54) is 0 Å². The van der Waals surface area contributed by atoms with E-state index < -0.39 is 5.97 Å². The van der Waals surface area contributed by atoms with Gasteiger partial charge in [-0.3, -0.25) is 9.59 Å². The first-order valence-corrected chi connectivity index (χ1v) is 6.78. The van der Waals surface area contributed by atoms with Crippen LogP contribution in [-0.4, -0.2) is 17.0 Å². The molecule has 4 nitrogen and oxygen atoms in total. The van der Waals surface area contributed by atoms with Crippen LogP contribution in [0.15, 0.2) is 24.3 Å². The lowest BCUT2D eigenvalue weighted by molar-refractivity contribution is -0.136. The summed E-state index contributed by atoms with van der Waals surface area (Å²) in [6, 6.07) is 6.96. The zero-order valence-electron chi connectivity index (χ0n) is 12.4. The van der Waals surface area contributed by atoms with Crippen molar-refractivity contribution in [2.75, 3.05) is 5.32 Å². The number of rotatable bonds is 4. The van der Waals surface area contributed by atoms with Gasteiger partial charge < -0.3 is 10.4 Å². The molecule has 0 unspecified atom stereocenters. The Balaban J connectivity index is 2.01. The zero-order valence-corrected chi connectivity index (χ0v) is 12.4. The third-order valence-corrected chi connectivity index (χ3v) is 4.86. The number of carbonyl (C=O) groups is 2. The van der Waals surface area contributed by atoms with Crippen LogP contribution in [0.4, 0.5) is 5.69 Å². The fraction of sp³-hybridized carbons (Fsp3) is 0.500. The molecule has 0 aromatic heterocycles. The van der Waals surface area contributed by atoms with Gasteiger partial charge in [0.2, 0.25) is 5.91 Å². The van der Waals surface area contributed by atoms with E-state index in [2.05, 4.69) is 33.0 Å². The highest BCUT2D eigenvalue weighted by molar-refractivity contribution is 5.96. The Morgan fingerprint density at radius 3 is 2.00 bits per heavy atom. The summed E-state index contributed by atoms with van der Waals surface area (Å²) in [5, 5.41) is 11.6. The van der Waals surface area contributed by atoms with Gasteiger partial charge in [0.25, 0.3) is 0 Å². The van der Waals surface area contributed by atoms with E-state index in [9.17, 15) is 9.59 Å². The predicted molar refractivity (Wildman–Crippen MR) is 77.5 cm³/mol. The lowest BCUT2D eigenvalue weighted by Gasteiger charge is -2.07. The van der Waals surface area contributed by atoms with Gasteiger partial charge in [-0.15, -0.1) is 0 Å². The third kappa shape index (κ3) is 2.42. The number of carboxylic acid groups (broad SMARTS) is 1. The molecule has 108 valence electrons. The highest BCUT2D eigenvalue weighted by atomic mass is 16.4. The molecule has 4 heteroatoms. The summed E-state index contributed by atoms with van der Waals surface area (Å²) in [7, 11) is 0. The minimum absolute atomic E-state index is 0.00306. The van der Waals surface area contributed by atoms with E-state index in [0.717, 1.165) is 5.56 Å². The Kier molecular flexibility index (Phi) is 3.36. The smallest absolute Gasteiger partial charge is 0.307 e. The van der Waals surface area contributed by atoms with E-state index >= 15 is 0 Å². The molecule has 20 heavy (non-hydrogen) atoms. The molecule has 1 aromatic rings. The normalized spacial score (nSPS) is 19.4. The zero-order chi connectivity index (χ0) is 15.1. The second-order valence-corrected chi connectivity index (χ2v) is 6.63. The molecule has 2 rings (SSSR count). The summed E-state index contributed by atoms with van der Waals surface area (Å²) >= 11 is 0. The average molecular weight is 275 g/mol. The van der Waals surface area contributed by atoms with Gasteiger partial charge in [0.05, 0.1) is 6.42 Å². The first kappa shape index (κ1) is 14.6. The minimum Gasteiger partial charge on any atom is -0.481 e. The Hall–Kier alpha value is -1.84. The number of aliphatic carboxylic acids is 1. The lowest BCUT2D eigenvalue weighted by Crippen LogP contribution is -2.17. The van der Waals surface area contributed by atoms with Gasteiger partial charge in [-0.25, -0.2) is 0 Å². The lowest BCUT2D eigenvalue weighted by atomic mass is 10.0. The van der Waals surface area contributed by atoms with E-state index in [4.69, 9.17) is 5.11 Å². The van der Waals surface area contributed by atoms with Crippen LogP contribution in [0, 0.1) is 16.7 Å². The van der Waals surface area contributed by atoms with E-state index in [1.54, 1.807) is 24.3 Å². The minimum atomic E-state index is -0.858. The summed E-state index contributed by atoms with van der Waals surface area (Å²) in [4.78, 5) is 22.9. The Morgan fingerprint density at radius 1 is 1.10 bits per heavy atom. The van der Waals surface area contributed by atoms with Crippen LogP contribution in [0.5, 0.6) is 0 Å². The third-order valence-electron chi connectivity index (χ3n) is 4.86. The molecule has 1 fully saturated rings. The number of hydrogen-bond acceptors (Lipinski definition) is 2. The highest BCUT2D eigenvalue weighted by Crippen LogP contribution is 2.68. The number of hydrogen-bond donors (Lipinski definition) is 2. The molecular formula is C16H21NO3. The monoisotopic (exact) mass is 275 g/mol. The van der Waals surface area contributed by atoms with Crippen LogP contribution in [0.25, 0.3) is 0 Å². The largest absolute Gasteiger partial charge is 0.481 e. The highest BCUT2D eigenvalue weighted by Gasteiger charge is 2.68. The van der Waals surface area contributed by atoms with Crippen LogP contribution in [-0.2, 0) is 16.0 Å². The number of carboxylic acids is 1. The van der Waals surface area contributed by atoms with Crippen molar-refractivity contribution in [3.8, 4) is 0 Å². The van der Waals surface area contributed by atoms with Crippen LogP contribution < -0.4 is 5.32 Å². The second kappa shape index (κ2) is 4.62. The molecule has 0 aliphatic heterocycles. The Bertz CT molecular complexity index is 529. The molecule has 1 saturated carbocycles. The molecule has 0 spiro atoms. The summed E-state index contributed by atoms with van der Waals surface area (Å²) in [5.74, 6) is -0.817. The maximum absolute atomic E-state index is 12.3. The van der Waals surface area contributed by atoms with Gasteiger partial charge in [-0.05, 0) is 28.5 Å². The fourth-order valence-corrected chi connectivity index (χ4v) is 2.95. The molecule has 1 aromatic carbocycles. The average Bonchev–Trinajstić information content (AvgIpc) is 2.71. The van der Waals surface area contributed by atoms with Crippen molar-refractivity contribution in [1.29, 1.82) is 0 Å². The van der Waals surface area contributed by atoms with E-state index in [1.807, 2.05) is 0 Å². The first-order valence-electron chi connectivity index (χ1n) is 6.78. The van der Waals surface area contributed by atoms with Crippen molar-refractivity contribution in [2.45, 2.75) is 34.1 Å². The number of carbonyl (C=O) groups excluding carboxylic acids is 1. The maximum atomic E-state index is 12.3. The molecule has 0 saturated heterocycles. The van der Waals surface area contributed by atoms with Crippen molar-refractivity contribution in [1.82, 2.24) is 0 Å². The number of amides is 1. The van der Waals surface area contributed by atoms with Gasteiger partial charge in [0.1, 0.15) is 0 Å². The molecule has 0 atom stereocenters. The second-order valence-electron chi connectivity index (χ2n) is 6.63. The van der Waals surface area contributed by atoms with E-state index in [-0.39, 0.29) is 29.1 Å². The standard InChI is InChI=1S/C16H21NO3/c1-15(2)13(16(15,3)4)14(20)17-11-7-5-10(6-8-11)9-12(18)19/h5-8,13H,9H2,1-4H3,(H,17,20)(H,18,19). The molecule has 1 aliphatic carbocycles. The van der Waals surface area contributed by atoms with Gasteiger partial charge in [-0.1, -0.05) is 39.8 Å². The van der Waals surface area contributed by atoms with Crippen LogP contribution in [0.1, 0.15) is 33.3 Å². The Labute approximate surface area is 119 Å². The Morgan fingerprint density at radius 2 is 1.60 bits per heavy atom. The van der Waals surface area contributed by atoms with Crippen molar-refractivity contribution >= 4 is 17.6 Å². The van der Waals surface area contributed by atoms with Gasteiger partial charge in [-0.2, -0.15) is 0 Å². The molecule has 1 aliphatic rings. The molecule has 1 amide bonds. The summed E-state index contributed by atoms with van der Waals surface area (Å²) in [6.45, 7) is 8.42. The van der Waals surface area contributed by atoms with Crippen molar-refractivity contribution in [2.24, 2.45) is 16.7 Å². The quantitative estimate of drug-likeness (QED) is 0.887. The first-order chi connectivity index (χ1) is 9.16. The summed E-state index contributed by atoms with van der Waals surface area (Å²) in [5.41, 5.74) is 1.46. The molecule has 0 bridgehead atoms. The van der Waals surface area contributed by atoms with Crippen LogP contribution in [0.3, 0.4) is 0 Å². The summed E-state index contributed by atoms with van der Waals surface area (Å²) < 4.78 is 0. The topological polar surface area (TPSA) is 66.4 Å². The van der Waals surface area contributed by atoms with E-state index in [0.29, 0.717) is 5.69 Å². The van der Waals surface area contributed by atoms with Gasteiger partial charge in [0, 0.05) is 11.6 Å². The summed E-state index contributed by atoms with van der Waals surface area (Å²) in [6.07, 6.45) is -0.00306. The number of anilines is 1.